The van der Waals surface area contributed by atoms with E-state index in [0.717, 1.165) is 18.4 Å². The molecule has 0 spiro atoms. The van der Waals surface area contributed by atoms with Gasteiger partial charge in [-0.1, -0.05) is 51.0 Å². The number of rotatable bonds is 8. The molecule has 6 atom stereocenters. The molecule has 3 aliphatic carbocycles. The summed E-state index contributed by atoms with van der Waals surface area (Å²) in [6, 6.07) is 13.1. The monoisotopic (exact) mass is 531 g/mol. The molecule has 1 saturated heterocycles. The zero-order chi connectivity index (χ0) is 27.4. The summed E-state index contributed by atoms with van der Waals surface area (Å²) in [6.45, 7) is 11.2. The number of amides is 1. The van der Waals surface area contributed by atoms with E-state index in [1.165, 1.54) is 6.42 Å². The summed E-state index contributed by atoms with van der Waals surface area (Å²) in [5.74, 6) is 2.21. The van der Waals surface area contributed by atoms with Crippen molar-refractivity contribution in [2.45, 2.75) is 84.1 Å². The maximum Gasteiger partial charge on any atom is 0.481 e. The number of hydrogen-bond donors (Lipinski definition) is 1. The number of nitrogens with zero attached hydrogens (tertiary/aromatic N) is 2. The molecule has 3 saturated carbocycles. The van der Waals surface area contributed by atoms with Crippen molar-refractivity contribution in [1.82, 2.24) is 10.3 Å². The van der Waals surface area contributed by atoms with Crippen LogP contribution in [0.1, 0.15) is 65.9 Å². The van der Waals surface area contributed by atoms with Crippen molar-refractivity contribution in [3.63, 3.8) is 0 Å². The molecule has 8 nitrogen and oxygen atoms in total. The lowest BCUT2D eigenvalue weighted by molar-refractivity contribution is -0.199. The number of carbonyl (C=O) groups excluding carboxylic acids is 1. The number of benzene rings is 1. The molecule has 2 aliphatic heterocycles. The van der Waals surface area contributed by atoms with Crippen LogP contribution in [0.2, 0.25) is 0 Å². The molecule has 1 aromatic heterocycles. The molecule has 1 N–H and O–H groups in total. The van der Waals surface area contributed by atoms with Gasteiger partial charge in [-0.3, -0.25) is 4.79 Å². The smallest absolute Gasteiger partial charge is 0.439 e. The predicted molar refractivity (Wildman–Crippen MR) is 148 cm³/mol. The van der Waals surface area contributed by atoms with E-state index in [9.17, 15) is 4.79 Å². The number of hydrogen-bond acceptors (Lipinski definition) is 7. The summed E-state index contributed by atoms with van der Waals surface area (Å²) in [7, 11) is -0.469. The second-order valence-electron chi connectivity index (χ2n) is 12.7. The molecule has 3 heterocycles. The molecule has 9 heteroatoms. The lowest BCUT2D eigenvalue weighted by Gasteiger charge is -2.64. The predicted octanol–water partition coefficient (Wildman–Crippen LogP) is 5.17. The van der Waals surface area contributed by atoms with Crippen LogP contribution in [0.5, 0.6) is 11.6 Å². The fourth-order valence-corrected chi connectivity index (χ4v) is 7.05. The van der Waals surface area contributed by atoms with Gasteiger partial charge in [0.25, 0.3) is 5.91 Å². The Morgan fingerprint density at radius 3 is 2.77 bits per heavy atom. The Kier molecular flexibility index (Phi) is 6.70. The van der Waals surface area contributed by atoms with Crippen LogP contribution in [-0.4, -0.2) is 47.5 Å². The van der Waals surface area contributed by atoms with Crippen molar-refractivity contribution >= 4 is 18.7 Å². The summed E-state index contributed by atoms with van der Waals surface area (Å²) in [4.78, 5) is 23.2. The second-order valence-corrected chi connectivity index (χ2v) is 12.7. The van der Waals surface area contributed by atoms with Gasteiger partial charge in [-0.15, -0.1) is 0 Å². The topological polar surface area (TPSA) is 91.3 Å². The molecule has 2 aromatic rings. The Bertz CT molecular complexity index is 1250. The second kappa shape index (κ2) is 9.93. The number of oxime groups is 1. The van der Waals surface area contributed by atoms with Gasteiger partial charge in [0.2, 0.25) is 12.0 Å². The molecule has 1 unspecified atom stereocenters. The van der Waals surface area contributed by atoms with E-state index in [4.69, 9.17) is 18.9 Å². The molecule has 1 amide bonds. The minimum Gasteiger partial charge on any atom is -0.439 e. The third kappa shape index (κ3) is 4.84. The zero-order valence-corrected chi connectivity index (χ0v) is 23.4. The fourth-order valence-electron chi connectivity index (χ4n) is 7.05. The molecular formula is C30H38BN3O5. The lowest BCUT2D eigenvalue weighted by atomic mass is 9.43. The maximum absolute atomic E-state index is 13.4. The van der Waals surface area contributed by atoms with Crippen LogP contribution in [0.25, 0.3) is 0 Å². The summed E-state index contributed by atoms with van der Waals surface area (Å²) < 4.78 is 19.1. The molecule has 1 aromatic carbocycles. The molecule has 206 valence electrons. The Balaban J connectivity index is 1.10. The number of nitrogens with one attached hydrogen (secondary N) is 1. The SMILES string of the molecule is CC(C)C[C@H](NC(=O)C1CC(c2cccc(Oc3ccccn3)c2)=NO1)B1O[C@@H]2C[C@@H]3C[C@@H](C3(C)C)[C@]2(C)O1. The largest absolute Gasteiger partial charge is 0.481 e. The van der Waals surface area contributed by atoms with E-state index >= 15 is 0 Å². The summed E-state index contributed by atoms with van der Waals surface area (Å²) >= 11 is 0. The van der Waals surface area contributed by atoms with Crippen molar-refractivity contribution in [3.8, 4) is 11.6 Å². The minimum atomic E-state index is -0.707. The minimum absolute atomic E-state index is 0.0732. The average molecular weight is 531 g/mol. The standard InChI is InChI=1S/C30H38BN3O5/c1-18(2)13-26(31-37-25-16-20-15-24(29(20,3)4)30(25,5)39-31)33-28(35)23-17-22(34-38-23)19-9-8-10-21(14-19)36-27-11-6-7-12-32-27/h6-12,14,18,20,23-26H,13,15-17H2,1-5H3,(H,33,35)/t20-,23?,24-,25+,26-,30-/m0/s1. The van der Waals surface area contributed by atoms with Crippen molar-refractivity contribution in [2.75, 3.05) is 0 Å². The summed E-state index contributed by atoms with van der Waals surface area (Å²) in [5.41, 5.74) is 1.51. The molecule has 7 rings (SSSR count). The van der Waals surface area contributed by atoms with E-state index < -0.39 is 13.2 Å². The number of aromatic nitrogens is 1. The van der Waals surface area contributed by atoms with Gasteiger partial charge in [0.15, 0.2) is 0 Å². The quantitative estimate of drug-likeness (QED) is 0.473. The van der Waals surface area contributed by atoms with Crippen molar-refractivity contribution in [3.05, 3.63) is 54.2 Å². The van der Waals surface area contributed by atoms with Crippen LogP contribution < -0.4 is 10.1 Å². The number of carbonyl (C=O) groups is 1. The average Bonchev–Trinajstić information content (AvgIpc) is 3.53. The maximum atomic E-state index is 13.4. The summed E-state index contributed by atoms with van der Waals surface area (Å²) in [6.07, 6.45) is 4.39. The van der Waals surface area contributed by atoms with Crippen LogP contribution in [-0.2, 0) is 18.9 Å². The van der Waals surface area contributed by atoms with E-state index in [2.05, 4.69) is 50.1 Å². The van der Waals surface area contributed by atoms with Gasteiger partial charge in [-0.2, -0.15) is 0 Å². The lowest BCUT2D eigenvalue weighted by Crippen LogP contribution is -2.65. The van der Waals surface area contributed by atoms with E-state index in [1.54, 1.807) is 12.3 Å². The normalized spacial score (nSPS) is 31.1. The Morgan fingerprint density at radius 1 is 1.18 bits per heavy atom. The molecule has 4 fully saturated rings. The van der Waals surface area contributed by atoms with Crippen LogP contribution in [0, 0.1) is 23.2 Å². The van der Waals surface area contributed by atoms with Crippen LogP contribution in [0.3, 0.4) is 0 Å². The van der Waals surface area contributed by atoms with Gasteiger partial charge in [0.05, 0.1) is 23.4 Å². The first-order valence-electron chi connectivity index (χ1n) is 14.2. The molecule has 0 radical (unpaired) electrons. The van der Waals surface area contributed by atoms with Gasteiger partial charge in [0, 0.05) is 24.2 Å². The van der Waals surface area contributed by atoms with E-state index in [0.29, 0.717) is 41.5 Å². The number of ether oxygens (including phenoxy) is 1. The van der Waals surface area contributed by atoms with Gasteiger partial charge >= 0.3 is 7.12 Å². The van der Waals surface area contributed by atoms with Crippen molar-refractivity contribution in [2.24, 2.45) is 28.3 Å². The number of pyridine rings is 1. The Labute approximate surface area is 231 Å². The Morgan fingerprint density at radius 2 is 2.03 bits per heavy atom. The van der Waals surface area contributed by atoms with Gasteiger partial charge in [-0.05, 0) is 67.6 Å². The highest BCUT2D eigenvalue weighted by atomic mass is 16.7. The van der Waals surface area contributed by atoms with Crippen molar-refractivity contribution in [1.29, 1.82) is 0 Å². The van der Waals surface area contributed by atoms with Crippen molar-refractivity contribution < 1.29 is 23.7 Å². The third-order valence-electron chi connectivity index (χ3n) is 9.34. The van der Waals surface area contributed by atoms with Crippen LogP contribution in [0.15, 0.2) is 53.8 Å². The Hall–Kier alpha value is -2.91. The summed E-state index contributed by atoms with van der Waals surface area (Å²) in [5, 5.41) is 7.45. The van der Waals surface area contributed by atoms with E-state index in [-0.39, 0.29) is 29.0 Å². The molecular weight excluding hydrogens is 493 g/mol. The third-order valence-corrected chi connectivity index (χ3v) is 9.34. The highest BCUT2D eigenvalue weighted by Crippen LogP contribution is 2.65. The molecule has 2 bridgehead atoms. The van der Waals surface area contributed by atoms with Gasteiger partial charge < -0.3 is 24.2 Å². The highest BCUT2D eigenvalue weighted by molar-refractivity contribution is 6.48. The first kappa shape index (κ1) is 26.3. The molecule has 39 heavy (non-hydrogen) atoms. The van der Waals surface area contributed by atoms with Gasteiger partial charge in [-0.25, -0.2) is 4.98 Å². The fraction of sp³-hybridized carbons (Fsp3) is 0.567. The van der Waals surface area contributed by atoms with E-state index in [1.807, 2.05) is 36.4 Å². The highest BCUT2D eigenvalue weighted by Gasteiger charge is 2.68. The zero-order valence-electron chi connectivity index (χ0n) is 23.4. The molecule has 5 aliphatic rings. The van der Waals surface area contributed by atoms with Gasteiger partial charge in [0.1, 0.15) is 5.75 Å². The van der Waals surface area contributed by atoms with Crippen LogP contribution in [0.4, 0.5) is 0 Å². The first-order chi connectivity index (χ1) is 18.6. The first-order valence-corrected chi connectivity index (χ1v) is 14.2. The van der Waals surface area contributed by atoms with Crippen LogP contribution >= 0.6 is 0 Å².